The van der Waals surface area contributed by atoms with Gasteiger partial charge in [0.1, 0.15) is 0 Å². The van der Waals surface area contributed by atoms with E-state index < -0.39 is 11.8 Å². The summed E-state index contributed by atoms with van der Waals surface area (Å²) in [4.78, 5) is 26.5. The van der Waals surface area contributed by atoms with E-state index in [0.717, 1.165) is 47.6 Å². The van der Waals surface area contributed by atoms with Gasteiger partial charge in [-0.3, -0.25) is 9.59 Å². The van der Waals surface area contributed by atoms with Crippen LogP contribution in [0, 0.1) is 11.8 Å². The van der Waals surface area contributed by atoms with Gasteiger partial charge in [0, 0.05) is 11.8 Å². The van der Waals surface area contributed by atoms with Gasteiger partial charge in [-0.1, -0.05) is 79.2 Å². The van der Waals surface area contributed by atoms with Crippen LogP contribution in [0.1, 0.15) is 53.4 Å². The second kappa shape index (κ2) is 9.66. The highest BCUT2D eigenvalue weighted by molar-refractivity contribution is 5.95. The van der Waals surface area contributed by atoms with E-state index in [9.17, 15) is 9.59 Å². The maximum atomic E-state index is 13.2. The lowest BCUT2D eigenvalue weighted by atomic mass is 9.51. The molecule has 4 unspecified atom stereocenters. The van der Waals surface area contributed by atoms with Crippen LogP contribution >= 0.6 is 0 Å². The Bertz CT molecular complexity index is 1390. The third kappa shape index (κ3) is 3.81. The van der Waals surface area contributed by atoms with E-state index in [0.29, 0.717) is 0 Å². The number of carbonyl (C=O) groups excluding carboxylic acids is 2. The van der Waals surface area contributed by atoms with Crippen LogP contribution in [-0.2, 0) is 31.9 Å². The molecule has 4 atom stereocenters. The first-order valence-corrected chi connectivity index (χ1v) is 13.3. The van der Waals surface area contributed by atoms with Gasteiger partial charge in [-0.2, -0.15) is 0 Å². The van der Waals surface area contributed by atoms with E-state index >= 15 is 0 Å². The number of ether oxygens (including phenoxy) is 2. The quantitative estimate of drug-likeness (QED) is 0.292. The van der Waals surface area contributed by atoms with Gasteiger partial charge < -0.3 is 9.47 Å². The van der Waals surface area contributed by atoms with Crippen molar-refractivity contribution in [3.8, 4) is 0 Å². The summed E-state index contributed by atoms with van der Waals surface area (Å²) in [5, 5.41) is 4.78. The zero-order chi connectivity index (χ0) is 25.5. The maximum Gasteiger partial charge on any atom is 0.310 e. The largest absolute Gasteiger partial charge is 0.469 e. The van der Waals surface area contributed by atoms with E-state index in [1.54, 1.807) is 0 Å². The van der Waals surface area contributed by atoms with E-state index in [-0.39, 0.29) is 23.8 Å². The van der Waals surface area contributed by atoms with Crippen LogP contribution in [0.4, 0.5) is 0 Å². The van der Waals surface area contributed by atoms with E-state index in [2.05, 4.69) is 72.8 Å². The number of hydrogen-bond acceptors (Lipinski definition) is 4. The Morgan fingerprint density at radius 3 is 1.38 bits per heavy atom. The fraction of sp³-hybridized carbons (Fsp3) is 0.333. The zero-order valence-corrected chi connectivity index (χ0v) is 21.4. The van der Waals surface area contributed by atoms with Crippen molar-refractivity contribution in [2.75, 3.05) is 14.2 Å². The highest BCUT2D eigenvalue weighted by Gasteiger charge is 2.60. The summed E-state index contributed by atoms with van der Waals surface area (Å²) in [6, 6.07) is 25.8. The summed E-state index contributed by atoms with van der Waals surface area (Å²) in [5.74, 6) is -2.33. The van der Waals surface area contributed by atoms with Crippen LogP contribution in [0.5, 0.6) is 0 Å². The summed E-state index contributed by atoms with van der Waals surface area (Å²) >= 11 is 0. The predicted octanol–water partition coefficient (Wildman–Crippen LogP) is 6.72. The van der Waals surface area contributed by atoms with Gasteiger partial charge in [0.25, 0.3) is 0 Å². The summed E-state index contributed by atoms with van der Waals surface area (Å²) in [7, 11) is 2.81. The Balaban J connectivity index is 1.65. The fourth-order valence-electron chi connectivity index (χ4n) is 6.97. The molecule has 4 aromatic rings. The smallest absolute Gasteiger partial charge is 0.310 e. The Labute approximate surface area is 217 Å². The number of fused-ring (bicyclic) bond motifs is 6. The number of rotatable bonds is 2. The molecule has 0 N–H and O–H groups in total. The summed E-state index contributed by atoms with van der Waals surface area (Å²) in [6.45, 7) is 0. The molecule has 188 valence electrons. The molecule has 0 saturated heterocycles. The number of methoxy groups -OCH3 is 2. The average molecular weight is 493 g/mol. The molecule has 0 aliphatic heterocycles. The van der Waals surface area contributed by atoms with Crippen molar-refractivity contribution in [3.63, 3.8) is 0 Å². The highest BCUT2D eigenvalue weighted by atomic mass is 16.5. The average Bonchev–Trinajstić information content (AvgIpc) is 2.94. The van der Waals surface area contributed by atoms with Crippen molar-refractivity contribution < 1.29 is 19.1 Å². The molecule has 0 heterocycles. The monoisotopic (exact) mass is 492 g/mol. The molecule has 4 heteroatoms. The number of esters is 2. The number of carbonyl (C=O) groups is 2. The third-order valence-corrected chi connectivity index (χ3v) is 8.70. The van der Waals surface area contributed by atoms with Crippen LogP contribution < -0.4 is 0 Å². The molecule has 0 spiro atoms. The van der Waals surface area contributed by atoms with Gasteiger partial charge in [-0.05, 0) is 69.5 Å². The minimum atomic E-state index is -0.606. The molecule has 4 nitrogen and oxygen atoms in total. The first-order valence-electron chi connectivity index (χ1n) is 13.3. The van der Waals surface area contributed by atoms with E-state index in [4.69, 9.17) is 9.47 Å². The lowest BCUT2D eigenvalue weighted by Crippen LogP contribution is -2.52. The Kier molecular flexibility index (Phi) is 6.19. The molecule has 37 heavy (non-hydrogen) atoms. The minimum absolute atomic E-state index is 0.199. The second-order valence-electron chi connectivity index (χ2n) is 10.4. The molecule has 1 fully saturated rings. The lowest BCUT2D eigenvalue weighted by molar-refractivity contribution is -0.168. The Hall–Kier alpha value is -3.66. The molecule has 3 aliphatic rings. The zero-order valence-electron chi connectivity index (χ0n) is 21.4. The SMILES string of the molecule is COC(=O)C1C(C(=O)OC)C2c3ccc(c4ccccc34)CCCCCc3ccc(c4ccccc34)C12. The Morgan fingerprint density at radius 2 is 0.973 bits per heavy atom. The normalized spacial score (nSPS) is 23.1. The molecule has 1 saturated carbocycles. The summed E-state index contributed by atoms with van der Waals surface area (Å²) < 4.78 is 10.5. The lowest BCUT2D eigenvalue weighted by Gasteiger charge is -2.50. The molecule has 0 aromatic heterocycles. The number of benzene rings is 4. The molecule has 7 rings (SSSR count). The van der Waals surface area contributed by atoms with E-state index in [1.807, 2.05) is 0 Å². The van der Waals surface area contributed by atoms with Crippen molar-refractivity contribution in [3.05, 3.63) is 95.1 Å². The predicted molar refractivity (Wildman–Crippen MR) is 146 cm³/mol. The maximum absolute atomic E-state index is 13.2. The van der Waals surface area contributed by atoms with Crippen LogP contribution in [0.25, 0.3) is 21.5 Å². The third-order valence-electron chi connectivity index (χ3n) is 8.70. The first-order chi connectivity index (χ1) is 18.1. The molecule has 4 bridgehead atoms. The van der Waals surface area contributed by atoms with Crippen molar-refractivity contribution >= 4 is 33.5 Å². The first kappa shape index (κ1) is 23.7. The van der Waals surface area contributed by atoms with Crippen molar-refractivity contribution in [1.82, 2.24) is 0 Å². The van der Waals surface area contributed by atoms with Crippen LogP contribution in [0.15, 0.2) is 72.8 Å². The van der Waals surface area contributed by atoms with Gasteiger partial charge in [0.2, 0.25) is 0 Å². The summed E-state index contributed by atoms with van der Waals surface area (Å²) in [6.07, 6.45) is 5.51. The Morgan fingerprint density at radius 1 is 0.568 bits per heavy atom. The number of hydrogen-bond donors (Lipinski definition) is 0. The molecular weight excluding hydrogens is 460 g/mol. The molecule has 0 radical (unpaired) electrons. The van der Waals surface area contributed by atoms with Crippen LogP contribution in [0.3, 0.4) is 0 Å². The summed E-state index contributed by atoms with van der Waals surface area (Å²) in [5.41, 5.74) is 4.88. The minimum Gasteiger partial charge on any atom is -0.469 e. The van der Waals surface area contributed by atoms with Gasteiger partial charge in [-0.15, -0.1) is 0 Å². The van der Waals surface area contributed by atoms with Crippen molar-refractivity contribution in [1.29, 1.82) is 0 Å². The van der Waals surface area contributed by atoms with Gasteiger partial charge in [-0.25, -0.2) is 0 Å². The fourth-order valence-corrected chi connectivity index (χ4v) is 6.97. The molecule has 3 aliphatic carbocycles. The molecule has 0 amide bonds. The molecule has 4 aromatic carbocycles. The topological polar surface area (TPSA) is 52.6 Å². The number of aryl methyl sites for hydroxylation is 2. The highest BCUT2D eigenvalue weighted by Crippen LogP contribution is 2.60. The van der Waals surface area contributed by atoms with Crippen LogP contribution in [0.2, 0.25) is 0 Å². The van der Waals surface area contributed by atoms with Crippen LogP contribution in [-0.4, -0.2) is 26.2 Å². The standard InChI is InChI=1S/C33H32O4/c1-36-32(34)30-28-26-18-16-20(22-12-6-8-14-24(22)26)10-4-3-5-11-21-17-19-27(25-15-9-7-13-23(21)25)29(28)31(30)33(35)37-2/h6-9,12-19,28-31H,3-5,10-11H2,1-2H3. The van der Waals surface area contributed by atoms with E-state index in [1.165, 1.54) is 42.5 Å². The van der Waals surface area contributed by atoms with Crippen molar-refractivity contribution in [2.45, 2.75) is 43.9 Å². The van der Waals surface area contributed by atoms with Crippen molar-refractivity contribution in [2.24, 2.45) is 11.8 Å². The van der Waals surface area contributed by atoms with Gasteiger partial charge in [0.05, 0.1) is 26.1 Å². The van der Waals surface area contributed by atoms with Gasteiger partial charge in [0.15, 0.2) is 0 Å². The second-order valence-corrected chi connectivity index (χ2v) is 10.4. The van der Waals surface area contributed by atoms with Gasteiger partial charge >= 0.3 is 11.9 Å². The molecular formula is C33H32O4.